The molecule has 1 N–H and O–H groups in total. The number of carboxylic acid groups (broad SMARTS) is 1. The molecule has 4 heteroatoms. The normalized spacial score (nSPS) is 16.9. The summed E-state index contributed by atoms with van der Waals surface area (Å²) in [5.41, 5.74) is 0.287. The van der Waals surface area contributed by atoms with Gasteiger partial charge >= 0.3 is 5.97 Å². The fraction of sp³-hybridized carbons (Fsp3) is 0.462. The number of aromatic carboxylic acids is 1. The number of benzene rings is 1. The molecule has 1 aromatic rings. The van der Waals surface area contributed by atoms with Gasteiger partial charge in [0.15, 0.2) is 0 Å². The molecular formula is C13H17NO3. The highest BCUT2D eigenvalue weighted by molar-refractivity contribution is 5.87. The van der Waals surface area contributed by atoms with Crippen LogP contribution in [0.2, 0.25) is 0 Å². The van der Waals surface area contributed by atoms with Gasteiger partial charge in [-0.15, -0.1) is 0 Å². The predicted molar refractivity (Wildman–Crippen MR) is 64.5 cm³/mol. The molecule has 2 rings (SSSR count). The van der Waals surface area contributed by atoms with Gasteiger partial charge in [-0.05, 0) is 38.1 Å². The Balaban J connectivity index is 1.86. The Labute approximate surface area is 101 Å². The van der Waals surface area contributed by atoms with Gasteiger partial charge in [-0.2, -0.15) is 0 Å². The first kappa shape index (κ1) is 11.9. The minimum atomic E-state index is -0.911. The van der Waals surface area contributed by atoms with Crippen LogP contribution in [0.15, 0.2) is 24.3 Å². The third kappa shape index (κ3) is 2.77. The van der Waals surface area contributed by atoms with Crippen molar-refractivity contribution in [2.24, 2.45) is 0 Å². The van der Waals surface area contributed by atoms with Crippen LogP contribution >= 0.6 is 0 Å². The van der Waals surface area contributed by atoms with Crippen molar-refractivity contribution in [3.05, 3.63) is 29.8 Å². The smallest absolute Gasteiger partial charge is 0.335 e. The fourth-order valence-corrected chi connectivity index (χ4v) is 1.83. The average Bonchev–Trinajstić information content (AvgIpc) is 2.23. The molecule has 1 fully saturated rings. The van der Waals surface area contributed by atoms with E-state index in [1.54, 1.807) is 24.3 Å². The molecule has 4 nitrogen and oxygen atoms in total. The summed E-state index contributed by atoms with van der Waals surface area (Å²) < 4.78 is 5.73. The fourth-order valence-electron chi connectivity index (χ4n) is 1.83. The van der Waals surface area contributed by atoms with E-state index in [4.69, 9.17) is 9.84 Å². The summed E-state index contributed by atoms with van der Waals surface area (Å²) in [6, 6.07) is 7.11. The van der Waals surface area contributed by atoms with E-state index in [9.17, 15) is 4.79 Å². The number of rotatable bonds is 4. The average molecular weight is 235 g/mol. The molecule has 0 bridgehead atoms. The molecule has 0 aliphatic carbocycles. The Bertz CT molecular complexity index is 394. The van der Waals surface area contributed by atoms with Gasteiger partial charge in [-0.3, -0.25) is 4.90 Å². The lowest BCUT2D eigenvalue weighted by molar-refractivity contribution is 0.000146. The minimum Gasteiger partial charge on any atom is -0.488 e. The second-order valence-electron chi connectivity index (χ2n) is 4.62. The molecule has 1 heterocycles. The third-order valence-electron chi connectivity index (χ3n) is 3.01. The van der Waals surface area contributed by atoms with Crippen LogP contribution in [-0.4, -0.2) is 41.2 Å². The third-order valence-corrected chi connectivity index (χ3v) is 3.01. The van der Waals surface area contributed by atoms with Gasteiger partial charge in [0.1, 0.15) is 11.9 Å². The Morgan fingerprint density at radius 2 is 1.94 bits per heavy atom. The number of nitrogens with zero attached hydrogens (tertiary/aromatic N) is 1. The Kier molecular flexibility index (Phi) is 3.33. The van der Waals surface area contributed by atoms with E-state index < -0.39 is 5.97 Å². The standard InChI is InChI=1S/C13H17NO3/c1-9(2)14-7-12(8-14)17-11-5-3-10(4-6-11)13(15)16/h3-6,9,12H,7-8H2,1-2H3,(H,15,16). The molecule has 0 saturated carbocycles. The van der Waals surface area contributed by atoms with Gasteiger partial charge in [0, 0.05) is 19.1 Å². The molecule has 0 atom stereocenters. The molecule has 17 heavy (non-hydrogen) atoms. The molecule has 0 aromatic heterocycles. The zero-order valence-electron chi connectivity index (χ0n) is 10.1. The van der Waals surface area contributed by atoms with E-state index >= 15 is 0 Å². The molecule has 92 valence electrons. The Hall–Kier alpha value is -1.55. The Morgan fingerprint density at radius 1 is 1.35 bits per heavy atom. The van der Waals surface area contributed by atoms with Crippen molar-refractivity contribution < 1.29 is 14.6 Å². The summed E-state index contributed by atoms with van der Waals surface area (Å²) in [6.45, 7) is 6.21. The summed E-state index contributed by atoms with van der Waals surface area (Å²) in [5, 5.41) is 8.76. The number of hydrogen-bond donors (Lipinski definition) is 1. The molecule has 1 aromatic carbocycles. The van der Waals surface area contributed by atoms with E-state index in [-0.39, 0.29) is 11.7 Å². The lowest BCUT2D eigenvalue weighted by Gasteiger charge is -2.41. The predicted octanol–water partition coefficient (Wildman–Crippen LogP) is 1.86. The second kappa shape index (κ2) is 4.75. The molecule has 1 aliphatic heterocycles. The van der Waals surface area contributed by atoms with Crippen LogP contribution in [0.5, 0.6) is 5.75 Å². The van der Waals surface area contributed by atoms with E-state index in [0.717, 1.165) is 18.8 Å². The first-order valence-electron chi connectivity index (χ1n) is 5.80. The summed E-state index contributed by atoms with van der Waals surface area (Å²) >= 11 is 0. The van der Waals surface area contributed by atoms with Crippen LogP contribution < -0.4 is 4.74 Å². The maximum absolute atomic E-state index is 10.7. The minimum absolute atomic E-state index is 0.230. The van der Waals surface area contributed by atoms with E-state index in [0.29, 0.717) is 6.04 Å². The molecule has 0 unspecified atom stereocenters. The largest absolute Gasteiger partial charge is 0.488 e. The number of ether oxygens (including phenoxy) is 1. The quantitative estimate of drug-likeness (QED) is 0.865. The van der Waals surface area contributed by atoms with Crippen LogP contribution in [-0.2, 0) is 0 Å². The number of carbonyl (C=O) groups is 1. The molecule has 1 aliphatic rings. The first-order chi connectivity index (χ1) is 8.06. The summed E-state index contributed by atoms with van der Waals surface area (Å²) in [7, 11) is 0. The lowest BCUT2D eigenvalue weighted by atomic mass is 10.1. The highest BCUT2D eigenvalue weighted by Gasteiger charge is 2.29. The van der Waals surface area contributed by atoms with Crippen LogP contribution in [0.4, 0.5) is 0 Å². The highest BCUT2D eigenvalue weighted by Crippen LogP contribution is 2.20. The highest BCUT2D eigenvalue weighted by atomic mass is 16.5. The van der Waals surface area contributed by atoms with Gasteiger partial charge in [0.05, 0.1) is 5.56 Å². The van der Waals surface area contributed by atoms with Gasteiger partial charge in [0.25, 0.3) is 0 Å². The van der Waals surface area contributed by atoms with Crippen LogP contribution in [0, 0.1) is 0 Å². The van der Waals surface area contributed by atoms with Crippen molar-refractivity contribution in [1.29, 1.82) is 0 Å². The second-order valence-corrected chi connectivity index (χ2v) is 4.62. The zero-order chi connectivity index (χ0) is 12.4. The summed E-state index contributed by atoms with van der Waals surface area (Å²) in [5.74, 6) is -0.172. The maximum atomic E-state index is 10.7. The SMILES string of the molecule is CC(C)N1CC(Oc2ccc(C(=O)O)cc2)C1. The van der Waals surface area contributed by atoms with Crippen molar-refractivity contribution >= 4 is 5.97 Å². The van der Waals surface area contributed by atoms with E-state index in [1.807, 2.05) is 0 Å². The number of carboxylic acids is 1. The van der Waals surface area contributed by atoms with E-state index in [2.05, 4.69) is 18.7 Å². The van der Waals surface area contributed by atoms with Crippen LogP contribution in [0.3, 0.4) is 0 Å². The topological polar surface area (TPSA) is 49.8 Å². The maximum Gasteiger partial charge on any atom is 0.335 e. The Morgan fingerprint density at radius 3 is 2.41 bits per heavy atom. The van der Waals surface area contributed by atoms with Crippen LogP contribution in [0.1, 0.15) is 24.2 Å². The zero-order valence-corrected chi connectivity index (χ0v) is 10.1. The monoisotopic (exact) mass is 235 g/mol. The van der Waals surface area contributed by atoms with Crippen molar-refractivity contribution in [3.8, 4) is 5.75 Å². The molecule has 1 saturated heterocycles. The van der Waals surface area contributed by atoms with Crippen LogP contribution in [0.25, 0.3) is 0 Å². The van der Waals surface area contributed by atoms with Crippen molar-refractivity contribution in [3.63, 3.8) is 0 Å². The summed E-state index contributed by atoms with van der Waals surface area (Å²) in [4.78, 5) is 13.0. The first-order valence-corrected chi connectivity index (χ1v) is 5.80. The molecule has 0 radical (unpaired) electrons. The van der Waals surface area contributed by atoms with Crippen molar-refractivity contribution in [2.45, 2.75) is 26.0 Å². The van der Waals surface area contributed by atoms with Crippen molar-refractivity contribution in [2.75, 3.05) is 13.1 Å². The van der Waals surface area contributed by atoms with Gasteiger partial charge in [0.2, 0.25) is 0 Å². The van der Waals surface area contributed by atoms with E-state index in [1.165, 1.54) is 0 Å². The molecule has 0 spiro atoms. The molecule has 0 amide bonds. The lowest BCUT2D eigenvalue weighted by Crippen LogP contribution is -2.56. The number of likely N-dealkylation sites (tertiary alicyclic amines) is 1. The van der Waals surface area contributed by atoms with Gasteiger partial charge in [-0.25, -0.2) is 4.79 Å². The number of hydrogen-bond acceptors (Lipinski definition) is 3. The van der Waals surface area contributed by atoms with Gasteiger partial charge < -0.3 is 9.84 Å². The molecular weight excluding hydrogens is 218 g/mol. The van der Waals surface area contributed by atoms with Crippen molar-refractivity contribution in [1.82, 2.24) is 4.90 Å². The summed E-state index contributed by atoms with van der Waals surface area (Å²) in [6.07, 6.45) is 0.230. The van der Waals surface area contributed by atoms with Gasteiger partial charge in [-0.1, -0.05) is 0 Å².